The van der Waals surface area contributed by atoms with E-state index in [1.54, 1.807) is 18.2 Å². The van der Waals surface area contributed by atoms with Crippen LogP contribution in [0.2, 0.25) is 0 Å². The lowest BCUT2D eigenvalue weighted by molar-refractivity contribution is -0.115. The highest BCUT2D eigenvalue weighted by Gasteiger charge is 2.26. The summed E-state index contributed by atoms with van der Waals surface area (Å²) in [7, 11) is 0. The van der Waals surface area contributed by atoms with Gasteiger partial charge in [0.1, 0.15) is 0 Å². The van der Waals surface area contributed by atoms with Crippen LogP contribution < -0.4 is 11.1 Å². The molecule has 0 bridgehead atoms. The monoisotopic (exact) mass is 451 g/mol. The number of carbonyl (C=O) groups is 1. The second-order valence-electron chi connectivity index (χ2n) is 8.26. The van der Waals surface area contributed by atoms with Gasteiger partial charge >= 0.3 is 0 Å². The molecular weight excluding hydrogens is 414 g/mol. The molecule has 0 aromatic rings. The van der Waals surface area contributed by atoms with Gasteiger partial charge in [0.05, 0.1) is 12.7 Å². The lowest BCUT2D eigenvalue weighted by Crippen LogP contribution is -2.49. The minimum absolute atomic E-state index is 0.216. The number of amides is 1. The molecule has 0 aromatic carbocycles. The third-order valence-electron chi connectivity index (χ3n) is 5.83. The third kappa shape index (κ3) is 8.79. The maximum absolute atomic E-state index is 12.4. The Morgan fingerprint density at radius 3 is 2.94 bits per heavy atom. The van der Waals surface area contributed by atoms with Crippen LogP contribution in [0.4, 0.5) is 0 Å². The number of hydrogen-bond acceptors (Lipinski definition) is 6. The molecule has 3 unspecified atom stereocenters. The summed E-state index contributed by atoms with van der Waals surface area (Å²) in [4.78, 5) is 18.6. The largest absolute Gasteiger partial charge is 0.404 e. The van der Waals surface area contributed by atoms with Crippen LogP contribution >= 0.6 is 0 Å². The van der Waals surface area contributed by atoms with Gasteiger partial charge in [-0.2, -0.15) is 0 Å². The second-order valence-corrected chi connectivity index (χ2v) is 8.26. The molecule has 0 spiro atoms. The number of ether oxygens (including phenoxy) is 1. The lowest BCUT2D eigenvalue weighted by atomic mass is 10.0. The van der Waals surface area contributed by atoms with E-state index in [-0.39, 0.29) is 5.91 Å². The number of hydrogen-bond donors (Lipinski definition) is 3. The van der Waals surface area contributed by atoms with Gasteiger partial charge in [0, 0.05) is 55.1 Å². The second kappa shape index (κ2) is 14.2. The molecule has 0 radical (unpaired) electrons. The summed E-state index contributed by atoms with van der Waals surface area (Å²) in [6.45, 7) is 10.6. The Hall–Kier alpha value is -3.03. The average molecular weight is 452 g/mol. The molecule has 0 saturated carbocycles. The summed E-state index contributed by atoms with van der Waals surface area (Å²) in [6.07, 6.45) is 20.1. The molecular formula is C26H37N5O2. The van der Waals surface area contributed by atoms with Crippen molar-refractivity contribution in [1.82, 2.24) is 10.2 Å². The average Bonchev–Trinajstić information content (AvgIpc) is 3.04. The van der Waals surface area contributed by atoms with Crippen molar-refractivity contribution in [3.8, 4) is 0 Å². The molecule has 7 nitrogen and oxygen atoms in total. The highest BCUT2D eigenvalue weighted by molar-refractivity contribution is 5.90. The van der Waals surface area contributed by atoms with Gasteiger partial charge in [-0.05, 0) is 56.5 Å². The Morgan fingerprint density at radius 2 is 2.24 bits per heavy atom. The number of aliphatic imine (C=N–C) groups is 1. The van der Waals surface area contributed by atoms with Crippen LogP contribution in [-0.2, 0) is 9.53 Å². The Balaban J connectivity index is 1.94. The van der Waals surface area contributed by atoms with Gasteiger partial charge in [-0.3, -0.25) is 14.7 Å². The summed E-state index contributed by atoms with van der Waals surface area (Å²) in [6, 6.07) is 0.430. The maximum Gasteiger partial charge on any atom is 0.248 e. The van der Waals surface area contributed by atoms with E-state index in [0.29, 0.717) is 29.2 Å². The lowest BCUT2D eigenvalue weighted by Gasteiger charge is -2.39. The van der Waals surface area contributed by atoms with E-state index in [1.165, 1.54) is 18.5 Å². The molecule has 7 heteroatoms. The Kier molecular flexibility index (Phi) is 11.3. The van der Waals surface area contributed by atoms with Crippen LogP contribution in [0.25, 0.3) is 0 Å². The number of rotatable bonds is 10. The summed E-state index contributed by atoms with van der Waals surface area (Å²) < 4.78 is 5.88. The first-order chi connectivity index (χ1) is 16.0. The molecule has 1 aliphatic carbocycles. The van der Waals surface area contributed by atoms with Crippen molar-refractivity contribution in [2.45, 2.75) is 45.3 Å². The highest BCUT2D eigenvalue weighted by Crippen LogP contribution is 2.21. The van der Waals surface area contributed by atoms with Gasteiger partial charge < -0.3 is 21.2 Å². The summed E-state index contributed by atoms with van der Waals surface area (Å²) >= 11 is 0. The van der Waals surface area contributed by atoms with E-state index in [4.69, 9.17) is 15.9 Å². The first-order valence-corrected chi connectivity index (χ1v) is 11.5. The molecule has 1 aliphatic heterocycles. The molecule has 1 heterocycles. The fourth-order valence-corrected chi connectivity index (χ4v) is 3.81. The first kappa shape index (κ1) is 26.2. The van der Waals surface area contributed by atoms with E-state index in [0.717, 1.165) is 50.9 Å². The van der Waals surface area contributed by atoms with Crippen molar-refractivity contribution in [2.24, 2.45) is 16.6 Å². The van der Waals surface area contributed by atoms with Crippen LogP contribution in [0.5, 0.6) is 0 Å². The fraction of sp³-hybridized carbons (Fsp3) is 0.423. The molecule has 1 fully saturated rings. The van der Waals surface area contributed by atoms with Crippen molar-refractivity contribution in [3.05, 3.63) is 71.8 Å². The number of nitrogens with two attached hydrogens (primary N) is 1. The third-order valence-corrected chi connectivity index (χ3v) is 5.83. The zero-order valence-corrected chi connectivity index (χ0v) is 19.7. The molecule has 1 saturated heterocycles. The highest BCUT2D eigenvalue weighted by atomic mass is 16.5. The van der Waals surface area contributed by atoms with Crippen molar-refractivity contribution in [2.75, 3.05) is 19.7 Å². The van der Waals surface area contributed by atoms with Crippen molar-refractivity contribution < 1.29 is 9.53 Å². The maximum atomic E-state index is 12.4. The van der Waals surface area contributed by atoms with Crippen LogP contribution in [0.3, 0.4) is 0 Å². The van der Waals surface area contributed by atoms with Crippen molar-refractivity contribution in [1.29, 1.82) is 5.41 Å². The minimum atomic E-state index is -0.216. The molecule has 0 aromatic heterocycles. The smallest absolute Gasteiger partial charge is 0.248 e. The van der Waals surface area contributed by atoms with Gasteiger partial charge in [0.25, 0.3) is 0 Å². The van der Waals surface area contributed by atoms with Crippen LogP contribution in [0.15, 0.2) is 76.8 Å². The van der Waals surface area contributed by atoms with E-state index >= 15 is 0 Å². The van der Waals surface area contributed by atoms with Crippen molar-refractivity contribution >= 4 is 18.8 Å². The van der Waals surface area contributed by atoms with Gasteiger partial charge in [0.15, 0.2) is 0 Å². The van der Waals surface area contributed by atoms with Gasteiger partial charge in [0.2, 0.25) is 5.91 Å². The molecule has 178 valence electrons. The first-order valence-electron chi connectivity index (χ1n) is 11.5. The van der Waals surface area contributed by atoms with Gasteiger partial charge in [-0.25, -0.2) is 0 Å². The summed E-state index contributed by atoms with van der Waals surface area (Å²) in [5, 5.41) is 10.4. The number of nitrogens with one attached hydrogen (secondary N) is 2. The van der Waals surface area contributed by atoms with Gasteiger partial charge in [-0.15, -0.1) is 0 Å². The summed E-state index contributed by atoms with van der Waals surface area (Å²) in [5.74, 6) is 0.231. The van der Waals surface area contributed by atoms with Gasteiger partial charge in [-0.1, -0.05) is 31.2 Å². The Morgan fingerprint density at radius 1 is 1.42 bits per heavy atom. The summed E-state index contributed by atoms with van der Waals surface area (Å²) in [5.41, 5.74) is 7.54. The zero-order chi connectivity index (χ0) is 24.1. The fourth-order valence-electron chi connectivity index (χ4n) is 3.81. The molecule has 33 heavy (non-hydrogen) atoms. The molecule has 3 atom stereocenters. The molecule has 1 amide bonds. The quantitative estimate of drug-likeness (QED) is 0.268. The van der Waals surface area contributed by atoms with E-state index < -0.39 is 0 Å². The predicted molar refractivity (Wildman–Crippen MR) is 136 cm³/mol. The molecule has 2 rings (SSSR count). The number of carbonyl (C=O) groups excluding carboxylic acids is 1. The standard InChI is InChI=1S/C26H37N5O2/c1-4-25-18-31(20(2)19-33-25)17-21-7-5-9-24(12-11-21)30-26(32)10-6-8-22(13-14-29-3)23(15-27)16-28/h6,8-16,20-21,25,27H,3-5,7,17-19,28H2,1-2H3,(H,30,32)/b10-6+,14-13-,22-8-,23-16+,27-15?. The molecule has 4 N–H and O–H groups in total. The topological polar surface area (TPSA) is 104 Å². The van der Waals surface area contributed by atoms with Crippen LogP contribution in [0.1, 0.15) is 33.1 Å². The molecule has 2 aliphatic rings. The van der Waals surface area contributed by atoms with E-state index in [9.17, 15) is 4.79 Å². The normalized spacial score (nSPS) is 25.2. The van der Waals surface area contributed by atoms with Crippen molar-refractivity contribution in [3.63, 3.8) is 0 Å². The van der Waals surface area contributed by atoms with E-state index in [1.807, 2.05) is 6.08 Å². The Labute approximate surface area is 197 Å². The predicted octanol–water partition coefficient (Wildman–Crippen LogP) is 3.64. The SMILES string of the molecule is C=N\C=C/C(=C/C=C/C(=O)NC1=CCCC(CN2CC(CC)OCC2C)C=C1)C(/C=N)=C/N. The van der Waals surface area contributed by atoms with E-state index in [2.05, 4.69) is 47.9 Å². The number of nitrogens with zero attached hydrogens (tertiary/aromatic N) is 2. The number of allylic oxidation sites excluding steroid dienone is 7. The van der Waals surface area contributed by atoms with Crippen LogP contribution in [0, 0.1) is 11.3 Å². The number of morpholine rings is 1. The zero-order valence-electron chi connectivity index (χ0n) is 19.7. The van der Waals surface area contributed by atoms with Crippen LogP contribution in [-0.4, -0.2) is 55.6 Å². The minimum Gasteiger partial charge on any atom is -0.404 e. The Bertz CT molecular complexity index is 866.